The molecule has 2 heterocycles. The molecule has 0 saturated heterocycles. The van der Waals surface area contributed by atoms with Crippen LogP contribution >= 0.6 is 0 Å². The summed E-state index contributed by atoms with van der Waals surface area (Å²) in [6.45, 7) is 9.07. The monoisotopic (exact) mass is 365 g/mol. The summed E-state index contributed by atoms with van der Waals surface area (Å²) in [5.74, 6) is -0.154. The average Bonchev–Trinajstić information content (AvgIpc) is 2.87. The summed E-state index contributed by atoms with van der Waals surface area (Å²) in [5.41, 5.74) is 2.28. The highest BCUT2D eigenvalue weighted by Crippen LogP contribution is 2.23. The van der Waals surface area contributed by atoms with Crippen molar-refractivity contribution in [3.05, 3.63) is 17.0 Å². The fraction of sp³-hybridized carbons (Fsp3) is 0.722. The second-order valence-corrected chi connectivity index (χ2v) is 7.48. The lowest BCUT2D eigenvalue weighted by atomic mass is 10.0. The zero-order valence-corrected chi connectivity index (χ0v) is 16.6. The fourth-order valence-electron chi connectivity index (χ4n) is 2.88. The van der Waals surface area contributed by atoms with E-state index in [1.807, 2.05) is 39.6 Å². The van der Waals surface area contributed by atoms with Crippen LogP contribution in [-0.2, 0) is 29.6 Å². The van der Waals surface area contributed by atoms with Gasteiger partial charge in [-0.15, -0.1) is 0 Å². The van der Waals surface area contributed by atoms with Crippen molar-refractivity contribution in [2.24, 2.45) is 7.05 Å². The lowest BCUT2D eigenvalue weighted by Gasteiger charge is -2.24. The molecule has 0 fully saturated rings. The first kappa shape index (κ1) is 20.4. The Hall–Kier alpha value is -1.93. The van der Waals surface area contributed by atoms with E-state index < -0.39 is 0 Å². The molecule has 8 heteroatoms. The van der Waals surface area contributed by atoms with Crippen molar-refractivity contribution < 1.29 is 14.3 Å². The molecule has 2 rings (SSSR count). The number of rotatable bonds is 7. The third-order valence-electron chi connectivity index (χ3n) is 4.55. The number of carbonyl (C=O) groups excluding carboxylic acids is 2. The number of nitrogens with one attached hydrogen (secondary N) is 2. The molecular formula is C18H31N5O3. The van der Waals surface area contributed by atoms with Gasteiger partial charge in [-0.05, 0) is 34.7 Å². The van der Waals surface area contributed by atoms with E-state index in [1.165, 1.54) is 0 Å². The molecular weight excluding hydrogens is 334 g/mol. The Balaban J connectivity index is 1.98. The Morgan fingerprint density at radius 2 is 2.04 bits per heavy atom. The number of fused-ring (bicyclic) bond motifs is 1. The molecule has 8 nitrogen and oxygen atoms in total. The van der Waals surface area contributed by atoms with Crippen molar-refractivity contribution in [3.8, 4) is 0 Å². The summed E-state index contributed by atoms with van der Waals surface area (Å²) in [7, 11) is 3.69. The van der Waals surface area contributed by atoms with Gasteiger partial charge in [0.2, 0.25) is 5.91 Å². The van der Waals surface area contributed by atoms with Crippen molar-refractivity contribution in [2.45, 2.75) is 58.9 Å². The first-order chi connectivity index (χ1) is 12.2. The van der Waals surface area contributed by atoms with Gasteiger partial charge >= 0.3 is 0 Å². The smallest absolute Gasteiger partial charge is 0.270 e. The number of hydrogen-bond donors (Lipinski definition) is 2. The van der Waals surface area contributed by atoms with Gasteiger partial charge in [0.05, 0.1) is 24.9 Å². The third-order valence-corrected chi connectivity index (χ3v) is 4.55. The lowest BCUT2D eigenvalue weighted by molar-refractivity contribution is -0.123. The standard InChI is InChI=1S/C18H31N5O3/c1-11(2)20-18(25)17-14-7-13(26-10-15(14)21-23(17)6)8-19-16(24)9-22(5)12(3)4/h11-13H,7-10H2,1-6H3,(H,19,24)(H,20,25). The van der Waals surface area contributed by atoms with E-state index in [4.69, 9.17) is 4.74 Å². The highest BCUT2D eigenvalue weighted by atomic mass is 16.5. The third kappa shape index (κ3) is 5.04. The molecule has 1 atom stereocenters. The van der Waals surface area contributed by atoms with Crippen molar-refractivity contribution in [1.29, 1.82) is 0 Å². The van der Waals surface area contributed by atoms with E-state index in [2.05, 4.69) is 15.7 Å². The second-order valence-electron chi connectivity index (χ2n) is 7.48. The first-order valence-corrected chi connectivity index (χ1v) is 9.13. The van der Waals surface area contributed by atoms with E-state index >= 15 is 0 Å². The van der Waals surface area contributed by atoms with Crippen LogP contribution in [0.3, 0.4) is 0 Å². The van der Waals surface area contributed by atoms with E-state index in [0.29, 0.717) is 37.9 Å². The van der Waals surface area contributed by atoms with Gasteiger partial charge in [-0.2, -0.15) is 5.10 Å². The minimum atomic E-state index is -0.161. The molecule has 146 valence electrons. The molecule has 1 aromatic heterocycles. The average molecular weight is 365 g/mol. The summed E-state index contributed by atoms with van der Waals surface area (Å²) < 4.78 is 7.42. The number of nitrogens with zero attached hydrogens (tertiary/aromatic N) is 3. The molecule has 1 unspecified atom stereocenters. The Morgan fingerprint density at radius 3 is 2.65 bits per heavy atom. The zero-order valence-electron chi connectivity index (χ0n) is 16.6. The Labute approximate surface area is 155 Å². The van der Waals surface area contributed by atoms with Crippen LogP contribution in [0.1, 0.15) is 49.4 Å². The van der Waals surface area contributed by atoms with E-state index in [9.17, 15) is 9.59 Å². The van der Waals surface area contributed by atoms with Crippen LogP contribution in [0.2, 0.25) is 0 Å². The van der Waals surface area contributed by atoms with Gasteiger partial charge in [0, 0.05) is 37.7 Å². The minimum absolute atomic E-state index is 0.0282. The van der Waals surface area contributed by atoms with Crippen LogP contribution in [-0.4, -0.2) is 64.8 Å². The molecule has 1 aromatic rings. The van der Waals surface area contributed by atoms with Gasteiger partial charge in [-0.1, -0.05) is 0 Å². The maximum atomic E-state index is 12.5. The van der Waals surface area contributed by atoms with Gasteiger partial charge in [-0.25, -0.2) is 0 Å². The van der Waals surface area contributed by atoms with Gasteiger partial charge in [0.25, 0.3) is 5.91 Å². The number of aromatic nitrogens is 2. The van der Waals surface area contributed by atoms with Crippen molar-refractivity contribution in [1.82, 2.24) is 25.3 Å². The number of ether oxygens (including phenoxy) is 1. The van der Waals surface area contributed by atoms with Crippen LogP contribution in [0.4, 0.5) is 0 Å². The molecule has 0 aliphatic carbocycles. The quantitative estimate of drug-likeness (QED) is 0.733. The van der Waals surface area contributed by atoms with Crippen LogP contribution in [0.25, 0.3) is 0 Å². The number of hydrogen-bond acceptors (Lipinski definition) is 5. The highest BCUT2D eigenvalue weighted by molar-refractivity contribution is 5.94. The number of amides is 2. The molecule has 26 heavy (non-hydrogen) atoms. The van der Waals surface area contributed by atoms with E-state index in [-0.39, 0.29) is 24.0 Å². The Morgan fingerprint density at radius 1 is 1.35 bits per heavy atom. The molecule has 2 N–H and O–H groups in total. The fourth-order valence-corrected chi connectivity index (χ4v) is 2.88. The van der Waals surface area contributed by atoms with Crippen LogP contribution < -0.4 is 10.6 Å². The highest BCUT2D eigenvalue weighted by Gasteiger charge is 2.29. The predicted octanol–water partition coefficient (Wildman–Crippen LogP) is 0.456. The molecule has 1 aliphatic rings. The van der Waals surface area contributed by atoms with Crippen LogP contribution in [0.5, 0.6) is 0 Å². The van der Waals surface area contributed by atoms with Crippen molar-refractivity contribution >= 4 is 11.8 Å². The summed E-state index contributed by atoms with van der Waals surface area (Å²) >= 11 is 0. The van der Waals surface area contributed by atoms with Crippen LogP contribution in [0.15, 0.2) is 0 Å². The van der Waals surface area contributed by atoms with Crippen LogP contribution in [0, 0.1) is 0 Å². The van der Waals surface area contributed by atoms with Gasteiger partial charge in [-0.3, -0.25) is 19.2 Å². The summed E-state index contributed by atoms with van der Waals surface area (Å²) in [5, 5.41) is 10.2. The topological polar surface area (TPSA) is 88.5 Å². The lowest BCUT2D eigenvalue weighted by Crippen LogP contribution is -2.42. The SMILES string of the molecule is CC(C)NC(=O)c1c2c(nn1C)COC(CNC(=O)CN(C)C(C)C)C2. The van der Waals surface area contributed by atoms with Crippen molar-refractivity contribution in [3.63, 3.8) is 0 Å². The van der Waals surface area contributed by atoms with E-state index in [0.717, 1.165) is 11.3 Å². The Bertz CT molecular complexity index is 653. The number of aryl methyl sites for hydroxylation is 1. The molecule has 0 aromatic carbocycles. The van der Waals surface area contributed by atoms with Gasteiger partial charge in [0.1, 0.15) is 5.69 Å². The first-order valence-electron chi connectivity index (χ1n) is 9.13. The maximum absolute atomic E-state index is 12.5. The Kier molecular flexibility index (Phi) is 6.77. The molecule has 2 amide bonds. The second kappa shape index (κ2) is 8.64. The zero-order chi connectivity index (χ0) is 19.4. The van der Waals surface area contributed by atoms with E-state index in [1.54, 1.807) is 11.7 Å². The summed E-state index contributed by atoms with van der Waals surface area (Å²) in [6.07, 6.45) is 0.398. The normalized spacial score (nSPS) is 16.9. The molecule has 0 radical (unpaired) electrons. The molecule has 1 aliphatic heterocycles. The largest absolute Gasteiger partial charge is 0.370 e. The number of likely N-dealkylation sites (N-methyl/N-ethyl adjacent to an activating group) is 1. The molecule has 0 spiro atoms. The van der Waals surface area contributed by atoms with Gasteiger partial charge in [0.15, 0.2) is 0 Å². The minimum Gasteiger partial charge on any atom is -0.370 e. The summed E-state index contributed by atoms with van der Waals surface area (Å²) in [4.78, 5) is 26.5. The van der Waals surface area contributed by atoms with Gasteiger partial charge < -0.3 is 15.4 Å². The maximum Gasteiger partial charge on any atom is 0.270 e. The van der Waals surface area contributed by atoms with Crippen molar-refractivity contribution in [2.75, 3.05) is 20.1 Å². The summed E-state index contributed by atoms with van der Waals surface area (Å²) in [6, 6.07) is 0.368. The number of carbonyl (C=O) groups is 2. The predicted molar refractivity (Wildman–Crippen MR) is 98.9 cm³/mol. The molecule has 0 saturated carbocycles. The molecule has 0 bridgehead atoms.